The maximum absolute atomic E-state index is 9.57. The van der Waals surface area contributed by atoms with E-state index in [2.05, 4.69) is 35.6 Å². The summed E-state index contributed by atoms with van der Waals surface area (Å²) in [6.07, 6.45) is 0.506. The Morgan fingerprint density at radius 2 is 2.00 bits per heavy atom. The summed E-state index contributed by atoms with van der Waals surface area (Å²) in [5.74, 6) is 0. The van der Waals surface area contributed by atoms with Crippen LogP contribution in [-0.2, 0) is 6.42 Å². The van der Waals surface area contributed by atoms with E-state index < -0.39 is 0 Å². The fourth-order valence-corrected chi connectivity index (χ4v) is 2.24. The van der Waals surface area contributed by atoms with Gasteiger partial charge in [-0.05, 0) is 10.9 Å². The van der Waals surface area contributed by atoms with E-state index >= 15 is 0 Å². The average molecular weight is 199 g/mol. The van der Waals surface area contributed by atoms with Crippen LogP contribution in [0.25, 0.3) is 10.8 Å². The molecule has 0 saturated carbocycles. The van der Waals surface area contributed by atoms with Crippen molar-refractivity contribution in [2.45, 2.75) is 12.5 Å². The van der Waals surface area contributed by atoms with Crippen molar-refractivity contribution in [2.24, 2.45) is 0 Å². The number of aliphatic hydroxyl groups excluding tert-OH is 1. The lowest BCUT2D eigenvalue weighted by molar-refractivity contribution is 0.185. The fourth-order valence-electron chi connectivity index (χ4n) is 2.24. The zero-order chi connectivity index (χ0) is 10.3. The third kappa shape index (κ3) is 1.38. The number of hydrogen-bond acceptors (Lipinski definition) is 2. The van der Waals surface area contributed by atoms with Gasteiger partial charge in [0, 0.05) is 24.0 Å². The van der Waals surface area contributed by atoms with Crippen LogP contribution in [-0.4, -0.2) is 17.8 Å². The van der Waals surface area contributed by atoms with E-state index in [0.29, 0.717) is 6.54 Å². The molecule has 1 atom stereocenters. The van der Waals surface area contributed by atoms with Crippen LogP contribution in [0.4, 0.5) is 5.69 Å². The summed E-state index contributed by atoms with van der Waals surface area (Å²) in [6, 6.07) is 12.6. The van der Waals surface area contributed by atoms with Gasteiger partial charge in [-0.1, -0.05) is 36.4 Å². The van der Waals surface area contributed by atoms with Gasteiger partial charge in [0.2, 0.25) is 0 Å². The minimum absolute atomic E-state index is 0.251. The number of β-amino-alcohol motifs (C(OH)–C–C–N with tert-alkyl or cyclic N) is 1. The molecule has 76 valence electrons. The van der Waals surface area contributed by atoms with E-state index in [0.717, 1.165) is 6.42 Å². The smallest absolute Gasteiger partial charge is 0.0753 e. The normalized spacial score (nSPS) is 19.7. The molecule has 1 heterocycles. The molecule has 2 aromatic carbocycles. The topological polar surface area (TPSA) is 32.3 Å². The van der Waals surface area contributed by atoms with E-state index in [1.54, 1.807) is 0 Å². The maximum Gasteiger partial charge on any atom is 0.0753 e. The minimum atomic E-state index is -0.251. The molecule has 0 bridgehead atoms. The van der Waals surface area contributed by atoms with E-state index in [4.69, 9.17) is 0 Å². The second-order valence-corrected chi connectivity index (χ2v) is 4.06. The van der Waals surface area contributed by atoms with Gasteiger partial charge in [0.05, 0.1) is 6.10 Å². The lowest BCUT2D eigenvalue weighted by Gasteiger charge is -2.23. The molecule has 0 aromatic heterocycles. The number of aliphatic hydroxyl groups is 1. The van der Waals surface area contributed by atoms with E-state index in [1.165, 1.54) is 22.0 Å². The van der Waals surface area contributed by atoms with Gasteiger partial charge in [-0.15, -0.1) is 0 Å². The summed E-state index contributed by atoms with van der Waals surface area (Å²) in [6.45, 7) is 0.654. The molecule has 0 fully saturated rings. The van der Waals surface area contributed by atoms with Crippen molar-refractivity contribution in [3.63, 3.8) is 0 Å². The van der Waals surface area contributed by atoms with Crippen molar-refractivity contribution in [3.05, 3.63) is 42.0 Å². The fraction of sp³-hybridized carbons (Fsp3) is 0.231. The standard InChI is InChI=1S/C13H13NO/c15-11-7-10-6-5-9-3-1-2-4-12(9)13(10)14-8-11/h1-6,11,14-15H,7-8H2/t11-/m0/s1. The van der Waals surface area contributed by atoms with Crippen LogP contribution in [0.15, 0.2) is 36.4 Å². The first kappa shape index (κ1) is 8.74. The highest BCUT2D eigenvalue weighted by atomic mass is 16.3. The number of fused-ring (bicyclic) bond motifs is 3. The second kappa shape index (κ2) is 3.24. The SMILES string of the molecule is O[C@@H]1CNc2c(ccc3ccccc23)C1. The number of rotatable bonds is 0. The summed E-state index contributed by atoms with van der Waals surface area (Å²) in [4.78, 5) is 0. The first-order valence-corrected chi connectivity index (χ1v) is 5.27. The summed E-state index contributed by atoms with van der Waals surface area (Å²) in [5.41, 5.74) is 2.41. The summed E-state index contributed by atoms with van der Waals surface area (Å²) in [5, 5.41) is 15.4. The molecule has 0 radical (unpaired) electrons. The predicted molar refractivity (Wildman–Crippen MR) is 62.1 cm³/mol. The van der Waals surface area contributed by atoms with Gasteiger partial charge in [-0.25, -0.2) is 0 Å². The van der Waals surface area contributed by atoms with Crippen molar-refractivity contribution < 1.29 is 5.11 Å². The predicted octanol–water partition coefficient (Wildman–Crippen LogP) is 2.17. The average Bonchev–Trinajstić information content (AvgIpc) is 2.28. The largest absolute Gasteiger partial charge is 0.391 e. The van der Waals surface area contributed by atoms with Gasteiger partial charge in [0.15, 0.2) is 0 Å². The van der Waals surface area contributed by atoms with E-state index in [-0.39, 0.29) is 6.10 Å². The lowest BCUT2D eigenvalue weighted by Crippen LogP contribution is -2.27. The number of hydrogen-bond donors (Lipinski definition) is 2. The number of nitrogens with one attached hydrogen (secondary N) is 1. The minimum Gasteiger partial charge on any atom is -0.391 e. The Kier molecular flexibility index (Phi) is 1.89. The molecule has 15 heavy (non-hydrogen) atoms. The highest BCUT2D eigenvalue weighted by molar-refractivity contribution is 5.95. The quantitative estimate of drug-likeness (QED) is 0.681. The maximum atomic E-state index is 9.57. The molecule has 2 N–H and O–H groups in total. The molecule has 0 aliphatic carbocycles. The Morgan fingerprint density at radius 3 is 2.93 bits per heavy atom. The van der Waals surface area contributed by atoms with Crippen molar-refractivity contribution in [1.82, 2.24) is 0 Å². The monoisotopic (exact) mass is 199 g/mol. The van der Waals surface area contributed by atoms with Gasteiger partial charge in [-0.3, -0.25) is 0 Å². The zero-order valence-electron chi connectivity index (χ0n) is 8.40. The van der Waals surface area contributed by atoms with Crippen molar-refractivity contribution >= 4 is 16.5 Å². The molecule has 0 saturated heterocycles. The third-order valence-corrected chi connectivity index (χ3v) is 2.99. The van der Waals surface area contributed by atoms with Gasteiger partial charge in [0.25, 0.3) is 0 Å². The molecule has 2 heteroatoms. The molecular weight excluding hydrogens is 186 g/mol. The second-order valence-electron chi connectivity index (χ2n) is 4.06. The molecule has 0 unspecified atom stereocenters. The first-order chi connectivity index (χ1) is 7.34. The van der Waals surface area contributed by atoms with Gasteiger partial charge < -0.3 is 10.4 Å². The highest BCUT2D eigenvalue weighted by Gasteiger charge is 2.17. The van der Waals surface area contributed by atoms with Crippen LogP contribution in [0.5, 0.6) is 0 Å². The third-order valence-electron chi connectivity index (χ3n) is 2.99. The lowest BCUT2D eigenvalue weighted by atomic mass is 9.97. The summed E-state index contributed by atoms with van der Waals surface area (Å²) < 4.78 is 0. The van der Waals surface area contributed by atoms with Crippen molar-refractivity contribution in [2.75, 3.05) is 11.9 Å². The molecule has 2 aromatic rings. The Hall–Kier alpha value is -1.54. The Balaban J connectivity index is 2.25. The van der Waals surface area contributed by atoms with Gasteiger partial charge in [0.1, 0.15) is 0 Å². The molecule has 1 aliphatic rings. The zero-order valence-corrected chi connectivity index (χ0v) is 8.40. The molecule has 2 nitrogen and oxygen atoms in total. The first-order valence-electron chi connectivity index (χ1n) is 5.27. The number of anilines is 1. The highest BCUT2D eigenvalue weighted by Crippen LogP contribution is 2.30. The van der Waals surface area contributed by atoms with Gasteiger partial charge in [-0.2, -0.15) is 0 Å². The summed E-state index contributed by atoms with van der Waals surface area (Å²) in [7, 11) is 0. The molecular formula is C13H13NO. The van der Waals surface area contributed by atoms with Crippen LogP contribution in [0.1, 0.15) is 5.56 Å². The molecule has 3 rings (SSSR count). The molecule has 0 amide bonds. The van der Waals surface area contributed by atoms with E-state index in [1.807, 2.05) is 6.07 Å². The number of benzene rings is 2. The van der Waals surface area contributed by atoms with Crippen molar-refractivity contribution in [3.8, 4) is 0 Å². The van der Waals surface area contributed by atoms with Crippen LogP contribution in [0.3, 0.4) is 0 Å². The molecule has 1 aliphatic heterocycles. The summed E-state index contributed by atoms with van der Waals surface area (Å²) >= 11 is 0. The van der Waals surface area contributed by atoms with Crippen LogP contribution in [0, 0.1) is 0 Å². The Labute approximate surface area is 88.5 Å². The van der Waals surface area contributed by atoms with E-state index in [9.17, 15) is 5.11 Å². The Bertz CT molecular complexity index is 507. The van der Waals surface area contributed by atoms with Crippen LogP contribution >= 0.6 is 0 Å². The van der Waals surface area contributed by atoms with Gasteiger partial charge >= 0.3 is 0 Å². The Morgan fingerprint density at radius 1 is 1.13 bits per heavy atom. The molecule has 0 spiro atoms. The van der Waals surface area contributed by atoms with Crippen LogP contribution in [0.2, 0.25) is 0 Å². The van der Waals surface area contributed by atoms with Crippen molar-refractivity contribution in [1.29, 1.82) is 0 Å². The van der Waals surface area contributed by atoms with Crippen LogP contribution < -0.4 is 5.32 Å².